The molecule has 16 N–H and O–H groups in total. The van der Waals surface area contributed by atoms with Crippen molar-refractivity contribution < 1.29 is 128 Å². The van der Waals surface area contributed by atoms with Crippen LogP contribution in [0.2, 0.25) is 0 Å². The van der Waals surface area contributed by atoms with Crippen molar-refractivity contribution in [2.45, 2.75) is 226 Å². The first kappa shape index (κ1) is 71.4. The molecule has 5 fully saturated rings. The topological polar surface area (TPSA) is 460 Å². The Hall–Kier alpha value is -4.69. The molecule has 0 radical (unpaired) electrons. The molecule has 0 spiro atoms. The summed E-state index contributed by atoms with van der Waals surface area (Å²) in [5, 5.41) is 135. The minimum absolute atomic E-state index is 0.0637. The number of rotatable bonds is 29. The Balaban J connectivity index is 1.18. The second-order valence-electron chi connectivity index (χ2n) is 22.1. The molecule has 5 saturated heterocycles. The largest absolute Gasteiger partial charge is 0.494 e. The monoisotopic (exact) mass is 1250 g/mol. The van der Waals surface area contributed by atoms with E-state index in [0.29, 0.717) is 18.8 Å². The van der Waals surface area contributed by atoms with Gasteiger partial charge in [0.15, 0.2) is 25.2 Å². The van der Waals surface area contributed by atoms with E-state index in [4.69, 9.17) is 47.4 Å². The van der Waals surface area contributed by atoms with Crippen LogP contribution in [0.25, 0.3) is 0 Å². The third-order valence-electron chi connectivity index (χ3n) is 15.5. The maximum absolute atomic E-state index is 13.9. The number of ether oxygens (including phenoxy) is 10. The molecular weight excluding hydrogens is 1160 g/mol. The van der Waals surface area contributed by atoms with Gasteiger partial charge in [0, 0.05) is 33.3 Å². The maximum Gasteiger partial charge on any atom is 0.251 e. The summed E-state index contributed by atoms with van der Waals surface area (Å²) in [5.74, 6) is -3.29. The summed E-state index contributed by atoms with van der Waals surface area (Å²) in [5.41, 5.74) is 0.0637. The van der Waals surface area contributed by atoms with Crippen molar-refractivity contribution in [3.05, 3.63) is 42.0 Å². The number of benzene rings is 1. The van der Waals surface area contributed by atoms with Crippen LogP contribution in [0.5, 0.6) is 5.75 Å². The summed E-state index contributed by atoms with van der Waals surface area (Å²) in [6.07, 6.45) is -21.4. The number of allylic oxidation sites excluding steroid dienone is 2. The van der Waals surface area contributed by atoms with Gasteiger partial charge in [0.05, 0.1) is 52.3 Å². The van der Waals surface area contributed by atoms with Crippen molar-refractivity contribution in [3.8, 4) is 5.75 Å². The Morgan fingerprint density at radius 2 is 0.908 bits per heavy atom. The predicted octanol–water partition coefficient (Wildman–Crippen LogP) is -5.54. The third kappa shape index (κ3) is 18.9. The van der Waals surface area contributed by atoms with E-state index in [-0.39, 0.29) is 12.2 Å². The molecular formula is C56H89N5O26. The van der Waals surface area contributed by atoms with Crippen molar-refractivity contribution >= 4 is 29.5 Å². The van der Waals surface area contributed by atoms with E-state index in [2.05, 4.69) is 45.7 Å². The number of carbonyl (C=O) groups is 5. The number of aliphatic hydroxyl groups is 11. The van der Waals surface area contributed by atoms with Crippen molar-refractivity contribution in [2.75, 3.05) is 46.2 Å². The molecule has 1 aromatic carbocycles. The number of unbranched alkanes of at least 4 members (excludes halogenated alkanes) is 5. The molecule has 0 aliphatic carbocycles. The van der Waals surface area contributed by atoms with Crippen LogP contribution in [0.4, 0.5) is 0 Å². The Morgan fingerprint density at radius 3 is 1.33 bits per heavy atom. The smallest absolute Gasteiger partial charge is 0.251 e. The molecule has 5 aliphatic rings. The van der Waals surface area contributed by atoms with E-state index in [1.54, 1.807) is 12.1 Å². The van der Waals surface area contributed by atoms with Crippen molar-refractivity contribution in [2.24, 2.45) is 0 Å². The van der Waals surface area contributed by atoms with Crippen LogP contribution in [-0.4, -0.2) is 279 Å². The Morgan fingerprint density at radius 1 is 0.494 bits per heavy atom. The van der Waals surface area contributed by atoms with Gasteiger partial charge in [-0.25, -0.2) is 0 Å². The van der Waals surface area contributed by atoms with Gasteiger partial charge >= 0.3 is 0 Å². The highest BCUT2D eigenvalue weighted by Crippen LogP contribution is 2.36. The Kier molecular flexibility index (Phi) is 28.3. The molecule has 5 heterocycles. The molecule has 0 saturated carbocycles. The Bertz CT molecular complexity index is 2370. The van der Waals surface area contributed by atoms with Crippen molar-refractivity contribution in [1.82, 2.24) is 26.6 Å². The number of hydrogen-bond acceptors (Lipinski definition) is 26. The van der Waals surface area contributed by atoms with Crippen LogP contribution in [0, 0.1) is 0 Å². The fraction of sp³-hybridized carbons (Fsp3) is 0.768. The number of carbonyl (C=O) groups excluding carboxylic acids is 5. The minimum Gasteiger partial charge on any atom is -0.494 e. The van der Waals surface area contributed by atoms with Gasteiger partial charge in [-0.05, 0) is 43.9 Å². The van der Waals surface area contributed by atoms with Crippen LogP contribution in [0.15, 0.2) is 36.4 Å². The second kappa shape index (κ2) is 34.5. The van der Waals surface area contributed by atoms with Crippen molar-refractivity contribution in [1.29, 1.82) is 0 Å². The zero-order valence-corrected chi connectivity index (χ0v) is 49.3. The molecule has 5 amide bonds. The molecule has 15 unspecified atom stereocenters. The molecule has 0 bridgehead atoms. The van der Waals surface area contributed by atoms with Crippen LogP contribution >= 0.6 is 0 Å². The van der Waals surface area contributed by atoms with Crippen molar-refractivity contribution in [3.63, 3.8) is 0 Å². The van der Waals surface area contributed by atoms with E-state index < -0.39 is 209 Å². The molecule has 6 rings (SSSR count). The predicted molar refractivity (Wildman–Crippen MR) is 296 cm³/mol. The quantitative estimate of drug-likeness (QED) is 0.0263. The fourth-order valence-electron chi connectivity index (χ4n) is 11.1. The average Bonchev–Trinajstić information content (AvgIpc) is 1.47. The summed E-state index contributed by atoms with van der Waals surface area (Å²) >= 11 is 0. The zero-order valence-electron chi connectivity index (χ0n) is 49.3. The molecule has 87 heavy (non-hydrogen) atoms. The van der Waals surface area contributed by atoms with Gasteiger partial charge in [0.25, 0.3) is 5.91 Å². The number of amides is 5. The summed E-state index contributed by atoms with van der Waals surface area (Å²) in [7, 11) is 0. The lowest BCUT2D eigenvalue weighted by Gasteiger charge is -2.51. The molecule has 24 atom stereocenters. The van der Waals surface area contributed by atoms with Gasteiger partial charge in [-0.15, -0.1) is 0 Å². The number of nitrogens with one attached hydrogen (secondary N) is 5. The minimum atomic E-state index is -2.01. The molecule has 31 nitrogen and oxygen atoms in total. The highest BCUT2D eigenvalue weighted by Gasteiger charge is 2.57. The van der Waals surface area contributed by atoms with E-state index >= 15 is 0 Å². The van der Waals surface area contributed by atoms with Gasteiger partial charge in [-0.3, -0.25) is 24.0 Å². The van der Waals surface area contributed by atoms with Gasteiger partial charge in [0.2, 0.25) is 23.6 Å². The third-order valence-corrected chi connectivity index (χ3v) is 15.5. The first-order valence-corrected chi connectivity index (χ1v) is 29.3. The Labute approximate surface area is 502 Å². The van der Waals surface area contributed by atoms with Crippen LogP contribution in [0.1, 0.15) is 89.9 Å². The van der Waals surface area contributed by atoms with E-state index in [9.17, 15) is 80.1 Å². The molecule has 1 aromatic rings. The summed E-state index contributed by atoms with van der Waals surface area (Å²) in [6.45, 7) is 2.20. The molecule has 494 valence electrons. The van der Waals surface area contributed by atoms with Gasteiger partial charge < -0.3 is 130 Å². The summed E-state index contributed by atoms with van der Waals surface area (Å²) < 4.78 is 60.2. The summed E-state index contributed by atoms with van der Waals surface area (Å²) in [4.78, 5) is 64.1. The highest BCUT2D eigenvalue weighted by atomic mass is 16.8. The number of aliphatic hydroxyl groups excluding tert-OH is 11. The maximum atomic E-state index is 13.9. The second-order valence-corrected chi connectivity index (χ2v) is 22.1. The van der Waals surface area contributed by atoms with Crippen LogP contribution in [0.3, 0.4) is 0 Å². The lowest BCUT2D eigenvalue weighted by Crippen LogP contribution is -2.72. The molecule has 5 aliphatic heterocycles. The van der Waals surface area contributed by atoms with Gasteiger partial charge in [0.1, 0.15) is 121 Å². The number of hydrogen-bond donors (Lipinski definition) is 16. The molecule has 0 aromatic heterocycles. The first-order chi connectivity index (χ1) is 41.6. The van der Waals surface area contributed by atoms with Crippen LogP contribution < -0.4 is 31.3 Å². The normalized spacial score (nSPS) is 37.2. The van der Waals surface area contributed by atoms with Crippen LogP contribution in [-0.2, 0) is 61.8 Å². The van der Waals surface area contributed by atoms with Gasteiger partial charge in [-0.2, -0.15) is 0 Å². The highest BCUT2D eigenvalue weighted by molar-refractivity contribution is 5.94. The van der Waals surface area contributed by atoms with E-state index in [0.717, 1.165) is 40.0 Å². The lowest BCUT2D eigenvalue weighted by molar-refractivity contribution is -0.365. The van der Waals surface area contributed by atoms with Gasteiger partial charge in [-0.1, -0.05) is 44.4 Å². The zero-order chi connectivity index (χ0) is 63.6. The standard InChI is InChI=1S/C56H89N5O26/c1-6-7-8-9-10-11-12-13-14-18-78-31-17-15-16-30(19-31)52(77)61-38-44(73)43(72)33(20-62)80-53(38)85-49-35(22-64)82-55(40(46(49)75)59-28(4)69)87-51-37(24-66)83-56(41(47(51)76)60-29(5)70)86-50-36(23-65)81-54(39(45(50)74)58-27(3)68)84-48-34(21-63)79-25-32(42(48)71)57-26(2)67/h11-12,15-17,19,32-51,53-56,62-66,71-76H,6-10,13-14,18,20-25H2,1-5H3,(H,57,67)(H,58,68)(H,59,69)(H,60,70)(H,61,77)/b12-11-/t32-,33?,34?,35?,36?,37?,38?,39?,40?,41+,42-,43-,44?,45?,46?,47-,48?,49-,50-,51?,53?,54+,55?,56+/m1/s1. The fourth-order valence-corrected chi connectivity index (χ4v) is 11.1. The SMILES string of the molecule is CCCCCC/C=C\CCCOc1cccc(C(=O)NC2C(O[C@@H]3C(CO)OC(OC4C(CO)O[C@@H](O[C@@H]5C(CO)O[C@@H](OC6C(CO)OC[C@@H](NC(C)=O)[C@H]6O)C(NC(C)=O)C5O)[C@@H](NC(C)=O)[C@H]4O)C(NC(C)=O)C3O)OC(CO)[C@@H](O)C2O)c1. The average molecular weight is 1250 g/mol. The van der Waals surface area contributed by atoms with E-state index in [1.165, 1.54) is 38.3 Å². The lowest BCUT2D eigenvalue weighted by atomic mass is 9.93. The van der Waals surface area contributed by atoms with E-state index in [1.807, 2.05) is 0 Å². The first-order valence-electron chi connectivity index (χ1n) is 29.3. The molecule has 31 heteroatoms. The summed E-state index contributed by atoms with van der Waals surface area (Å²) in [6, 6.07) is -1.56.